The highest BCUT2D eigenvalue weighted by Gasteiger charge is 2.08. The van der Waals surface area contributed by atoms with Crippen LogP contribution < -0.4 is 0 Å². The van der Waals surface area contributed by atoms with Crippen molar-refractivity contribution in [3.63, 3.8) is 0 Å². The number of nitrogens with zero attached hydrogens (tertiary/aromatic N) is 4. The zero-order valence-electron chi connectivity index (χ0n) is 12.0. The van der Waals surface area contributed by atoms with Gasteiger partial charge in [-0.15, -0.1) is 0 Å². The fraction of sp³-hybridized carbons (Fsp3) is 0.125. The summed E-state index contributed by atoms with van der Waals surface area (Å²) in [6, 6.07) is 8.90. The molecule has 0 atom stereocenters. The fourth-order valence-corrected chi connectivity index (χ4v) is 1.93. The lowest BCUT2D eigenvalue weighted by molar-refractivity contribution is 0.0472. The third-order valence-electron chi connectivity index (χ3n) is 3.03. The molecule has 3 aromatic heterocycles. The Morgan fingerprint density at radius 1 is 1.27 bits per heavy atom. The maximum atomic E-state index is 11.9. The molecule has 0 aliphatic heterocycles. The van der Waals surface area contributed by atoms with Crippen molar-refractivity contribution in [1.29, 1.82) is 0 Å². The number of carbonyl (C=O) groups is 1. The van der Waals surface area contributed by atoms with Crippen LogP contribution >= 0.6 is 0 Å². The lowest BCUT2D eigenvalue weighted by Gasteiger charge is -2.06. The normalized spacial score (nSPS) is 10.4. The Kier molecular flexibility index (Phi) is 3.91. The van der Waals surface area contributed by atoms with Gasteiger partial charge >= 0.3 is 5.97 Å². The van der Waals surface area contributed by atoms with Crippen LogP contribution in [0.3, 0.4) is 0 Å². The summed E-state index contributed by atoms with van der Waals surface area (Å²) in [5, 5.41) is 4.30. The third-order valence-corrected chi connectivity index (χ3v) is 3.03. The molecule has 0 amide bonds. The molecule has 0 N–H and O–H groups in total. The van der Waals surface area contributed by atoms with Gasteiger partial charge in [0.05, 0.1) is 11.3 Å². The highest BCUT2D eigenvalue weighted by atomic mass is 16.5. The van der Waals surface area contributed by atoms with Crippen LogP contribution in [0.25, 0.3) is 5.82 Å². The van der Waals surface area contributed by atoms with Gasteiger partial charge in [-0.25, -0.2) is 14.5 Å². The molecular formula is C16H14N4O2. The van der Waals surface area contributed by atoms with E-state index in [2.05, 4.69) is 15.1 Å². The highest BCUT2D eigenvalue weighted by Crippen LogP contribution is 2.10. The van der Waals surface area contributed by atoms with E-state index >= 15 is 0 Å². The van der Waals surface area contributed by atoms with Gasteiger partial charge < -0.3 is 4.74 Å². The number of pyridine rings is 2. The van der Waals surface area contributed by atoms with E-state index < -0.39 is 5.97 Å². The Morgan fingerprint density at radius 3 is 2.91 bits per heavy atom. The van der Waals surface area contributed by atoms with Gasteiger partial charge in [0.15, 0.2) is 5.82 Å². The van der Waals surface area contributed by atoms with Crippen LogP contribution in [0.1, 0.15) is 21.6 Å². The molecule has 3 heterocycles. The van der Waals surface area contributed by atoms with Crippen molar-refractivity contribution in [3.05, 3.63) is 71.9 Å². The molecule has 6 nitrogen and oxygen atoms in total. The molecule has 110 valence electrons. The molecule has 0 aliphatic carbocycles. The zero-order chi connectivity index (χ0) is 15.4. The third kappa shape index (κ3) is 3.17. The first-order valence-corrected chi connectivity index (χ1v) is 6.77. The average Bonchev–Trinajstić information content (AvgIpc) is 3.00. The first kappa shape index (κ1) is 13.9. The van der Waals surface area contributed by atoms with Crippen molar-refractivity contribution >= 4 is 5.97 Å². The Balaban J connectivity index is 1.70. The summed E-state index contributed by atoms with van der Waals surface area (Å²) in [6.07, 6.45) is 6.59. The van der Waals surface area contributed by atoms with Crippen LogP contribution in [0.15, 0.2) is 55.1 Å². The minimum atomic E-state index is -0.401. The van der Waals surface area contributed by atoms with Crippen molar-refractivity contribution in [1.82, 2.24) is 19.7 Å². The number of aromatic nitrogens is 4. The quantitative estimate of drug-likeness (QED) is 0.691. The van der Waals surface area contributed by atoms with E-state index in [9.17, 15) is 4.79 Å². The molecule has 0 unspecified atom stereocenters. The predicted octanol–water partition coefficient (Wildman–Crippen LogP) is 2.33. The second kappa shape index (κ2) is 6.17. The monoisotopic (exact) mass is 294 g/mol. The van der Waals surface area contributed by atoms with E-state index in [1.165, 1.54) is 6.20 Å². The number of hydrogen-bond acceptors (Lipinski definition) is 5. The number of aryl methyl sites for hydroxylation is 1. The van der Waals surface area contributed by atoms with Crippen molar-refractivity contribution in [2.75, 3.05) is 0 Å². The predicted molar refractivity (Wildman–Crippen MR) is 79.5 cm³/mol. The van der Waals surface area contributed by atoms with Gasteiger partial charge in [0, 0.05) is 24.8 Å². The van der Waals surface area contributed by atoms with Crippen LogP contribution in [-0.4, -0.2) is 25.7 Å². The van der Waals surface area contributed by atoms with Gasteiger partial charge in [0.1, 0.15) is 6.61 Å². The first-order chi connectivity index (χ1) is 10.7. The fourth-order valence-electron chi connectivity index (χ4n) is 1.93. The number of hydrogen-bond donors (Lipinski definition) is 0. The largest absolute Gasteiger partial charge is 0.457 e. The molecule has 0 saturated heterocycles. The maximum absolute atomic E-state index is 11.9. The zero-order valence-corrected chi connectivity index (χ0v) is 12.0. The number of ether oxygens (including phenoxy) is 1. The summed E-state index contributed by atoms with van der Waals surface area (Å²) in [6.45, 7) is 2.08. The number of esters is 1. The number of rotatable bonds is 4. The molecule has 6 heteroatoms. The van der Waals surface area contributed by atoms with Crippen LogP contribution in [0.2, 0.25) is 0 Å². The molecule has 0 bridgehead atoms. The Labute approximate surface area is 127 Å². The van der Waals surface area contributed by atoms with Crippen LogP contribution in [0.4, 0.5) is 0 Å². The molecule has 0 aromatic carbocycles. The van der Waals surface area contributed by atoms with E-state index in [0.717, 1.165) is 11.3 Å². The van der Waals surface area contributed by atoms with Gasteiger partial charge in [-0.2, -0.15) is 5.10 Å². The second-order valence-electron chi connectivity index (χ2n) is 4.74. The van der Waals surface area contributed by atoms with Gasteiger partial charge in [-0.1, -0.05) is 0 Å². The summed E-state index contributed by atoms with van der Waals surface area (Å²) in [5.41, 5.74) is 2.19. The van der Waals surface area contributed by atoms with Gasteiger partial charge in [-0.05, 0) is 42.8 Å². The van der Waals surface area contributed by atoms with Crippen LogP contribution in [0, 0.1) is 6.92 Å². The minimum absolute atomic E-state index is 0.170. The molecule has 0 spiro atoms. The first-order valence-electron chi connectivity index (χ1n) is 6.77. The van der Waals surface area contributed by atoms with Crippen molar-refractivity contribution in [2.24, 2.45) is 0 Å². The SMILES string of the molecule is Cc1ccn(-c2cc(COC(=O)c3cccnc3)ccn2)n1. The van der Waals surface area contributed by atoms with Crippen LogP contribution in [-0.2, 0) is 11.3 Å². The lowest BCUT2D eigenvalue weighted by atomic mass is 10.2. The molecular weight excluding hydrogens is 280 g/mol. The second-order valence-corrected chi connectivity index (χ2v) is 4.74. The Bertz CT molecular complexity index is 784. The summed E-state index contributed by atoms with van der Waals surface area (Å²) in [7, 11) is 0. The smallest absolute Gasteiger partial charge is 0.340 e. The Morgan fingerprint density at radius 2 is 2.18 bits per heavy atom. The van der Waals surface area contributed by atoms with E-state index in [-0.39, 0.29) is 6.61 Å². The minimum Gasteiger partial charge on any atom is -0.457 e. The standard InChI is InChI=1S/C16H14N4O2/c1-12-5-8-20(19-12)15-9-13(4-7-18-15)11-22-16(21)14-3-2-6-17-10-14/h2-10H,11H2,1H3. The van der Waals surface area contributed by atoms with Gasteiger partial charge in [0.25, 0.3) is 0 Å². The topological polar surface area (TPSA) is 69.9 Å². The Hall–Kier alpha value is -3.02. The van der Waals surface area contributed by atoms with E-state index in [4.69, 9.17) is 4.74 Å². The summed E-state index contributed by atoms with van der Waals surface area (Å²) >= 11 is 0. The maximum Gasteiger partial charge on any atom is 0.340 e. The summed E-state index contributed by atoms with van der Waals surface area (Å²) in [4.78, 5) is 20.0. The van der Waals surface area contributed by atoms with Gasteiger partial charge in [-0.3, -0.25) is 4.98 Å². The molecule has 3 aromatic rings. The summed E-state index contributed by atoms with van der Waals surface area (Å²) < 4.78 is 6.96. The summed E-state index contributed by atoms with van der Waals surface area (Å²) in [5.74, 6) is 0.282. The van der Waals surface area contributed by atoms with E-state index in [1.807, 2.05) is 25.3 Å². The van der Waals surface area contributed by atoms with Gasteiger partial charge in [0.2, 0.25) is 0 Å². The molecule has 0 fully saturated rings. The molecule has 0 radical (unpaired) electrons. The molecule has 0 aliphatic rings. The van der Waals surface area contributed by atoms with Crippen molar-refractivity contribution in [3.8, 4) is 5.82 Å². The number of carbonyl (C=O) groups excluding carboxylic acids is 1. The van der Waals surface area contributed by atoms with Crippen LogP contribution in [0.5, 0.6) is 0 Å². The molecule has 3 rings (SSSR count). The van der Waals surface area contributed by atoms with E-state index in [0.29, 0.717) is 11.4 Å². The van der Waals surface area contributed by atoms with E-state index in [1.54, 1.807) is 35.3 Å². The lowest BCUT2D eigenvalue weighted by Crippen LogP contribution is -2.06. The van der Waals surface area contributed by atoms with Crippen molar-refractivity contribution in [2.45, 2.75) is 13.5 Å². The highest BCUT2D eigenvalue weighted by molar-refractivity contribution is 5.88. The average molecular weight is 294 g/mol. The molecule has 0 saturated carbocycles. The molecule has 22 heavy (non-hydrogen) atoms. The van der Waals surface area contributed by atoms with Crippen molar-refractivity contribution < 1.29 is 9.53 Å².